The van der Waals surface area contributed by atoms with Gasteiger partial charge >= 0.3 is 5.97 Å². The van der Waals surface area contributed by atoms with Gasteiger partial charge < -0.3 is 10.8 Å². The molecule has 0 heterocycles. The summed E-state index contributed by atoms with van der Waals surface area (Å²) in [6.45, 7) is 0.319. The second kappa shape index (κ2) is 3.54. The fourth-order valence-electron chi connectivity index (χ4n) is 2.35. The van der Waals surface area contributed by atoms with Gasteiger partial charge in [0, 0.05) is 6.54 Å². The highest BCUT2D eigenvalue weighted by Gasteiger charge is 2.50. The molecule has 0 radical (unpaired) electrons. The Labute approximate surface area is 84.7 Å². The first-order valence-corrected chi connectivity index (χ1v) is 5.62. The highest BCUT2D eigenvalue weighted by Crippen LogP contribution is 2.50. The highest BCUT2D eigenvalue weighted by molar-refractivity contribution is 5.75. The lowest BCUT2D eigenvalue weighted by Gasteiger charge is -2.27. The van der Waals surface area contributed by atoms with Crippen LogP contribution in [0.5, 0.6) is 0 Å². The van der Waals surface area contributed by atoms with Crippen LogP contribution in [0.2, 0.25) is 0 Å². The van der Waals surface area contributed by atoms with E-state index in [9.17, 15) is 9.90 Å². The first kappa shape index (κ1) is 9.97. The molecule has 2 fully saturated rings. The van der Waals surface area contributed by atoms with Gasteiger partial charge in [0.15, 0.2) is 0 Å². The monoisotopic (exact) mass is 197 g/mol. The summed E-state index contributed by atoms with van der Waals surface area (Å²) >= 11 is 0. The molecule has 3 nitrogen and oxygen atoms in total. The summed E-state index contributed by atoms with van der Waals surface area (Å²) in [5.41, 5.74) is 5.09. The Hall–Kier alpha value is -0.570. The summed E-state index contributed by atoms with van der Waals surface area (Å²) in [6.07, 6.45) is 6.59. The van der Waals surface area contributed by atoms with Gasteiger partial charge in [0.25, 0.3) is 0 Å². The minimum Gasteiger partial charge on any atom is -0.481 e. The lowest BCUT2D eigenvalue weighted by atomic mass is 9.78. The smallest absolute Gasteiger partial charge is 0.311 e. The molecule has 0 aliphatic heterocycles. The minimum atomic E-state index is -0.664. The molecule has 0 aromatic rings. The van der Waals surface area contributed by atoms with Gasteiger partial charge in [-0.3, -0.25) is 4.79 Å². The summed E-state index contributed by atoms with van der Waals surface area (Å²) in [4.78, 5) is 11.3. The number of nitrogens with two attached hydrogens (primary N) is 1. The Balaban J connectivity index is 1.97. The van der Waals surface area contributed by atoms with E-state index in [2.05, 4.69) is 0 Å². The molecule has 2 rings (SSSR count). The van der Waals surface area contributed by atoms with Crippen LogP contribution >= 0.6 is 0 Å². The van der Waals surface area contributed by atoms with E-state index < -0.39 is 11.4 Å². The average Bonchev–Trinajstić information content (AvgIpc) is 3.01. The van der Waals surface area contributed by atoms with Crippen molar-refractivity contribution in [2.45, 2.75) is 38.5 Å². The van der Waals surface area contributed by atoms with Gasteiger partial charge in [-0.25, -0.2) is 0 Å². The molecule has 0 amide bonds. The van der Waals surface area contributed by atoms with E-state index in [1.807, 2.05) is 0 Å². The van der Waals surface area contributed by atoms with Crippen LogP contribution < -0.4 is 5.73 Å². The Morgan fingerprint density at radius 2 is 2.00 bits per heavy atom. The molecule has 3 heteroatoms. The zero-order valence-corrected chi connectivity index (χ0v) is 8.54. The third-order valence-electron chi connectivity index (χ3n) is 3.84. The lowest BCUT2D eigenvalue weighted by Crippen LogP contribution is -2.40. The Morgan fingerprint density at radius 1 is 1.36 bits per heavy atom. The van der Waals surface area contributed by atoms with E-state index in [4.69, 9.17) is 5.73 Å². The molecule has 1 unspecified atom stereocenters. The summed E-state index contributed by atoms with van der Waals surface area (Å²) in [6, 6.07) is 0. The maximum Gasteiger partial charge on any atom is 0.311 e. The van der Waals surface area contributed by atoms with Crippen molar-refractivity contribution in [3.63, 3.8) is 0 Å². The molecule has 0 spiro atoms. The zero-order chi connectivity index (χ0) is 10.2. The number of rotatable bonds is 6. The van der Waals surface area contributed by atoms with E-state index >= 15 is 0 Å². The van der Waals surface area contributed by atoms with Crippen LogP contribution in [0.1, 0.15) is 38.5 Å². The van der Waals surface area contributed by atoms with E-state index in [1.165, 1.54) is 12.8 Å². The van der Waals surface area contributed by atoms with Gasteiger partial charge in [-0.05, 0) is 37.5 Å². The van der Waals surface area contributed by atoms with Crippen molar-refractivity contribution in [1.82, 2.24) is 0 Å². The average molecular weight is 197 g/mol. The summed E-state index contributed by atoms with van der Waals surface area (Å²) in [7, 11) is 0. The molecule has 80 valence electrons. The lowest BCUT2D eigenvalue weighted by molar-refractivity contribution is -0.150. The summed E-state index contributed by atoms with van der Waals surface area (Å²) < 4.78 is 0. The molecule has 3 N–H and O–H groups in total. The quantitative estimate of drug-likeness (QED) is 0.680. The topological polar surface area (TPSA) is 63.3 Å². The number of carbonyl (C=O) groups is 1. The molecule has 2 aliphatic carbocycles. The molecule has 2 aliphatic rings. The van der Waals surface area contributed by atoms with Crippen molar-refractivity contribution < 1.29 is 9.90 Å². The van der Waals surface area contributed by atoms with E-state index in [1.54, 1.807) is 0 Å². The van der Waals surface area contributed by atoms with Gasteiger partial charge in [-0.2, -0.15) is 0 Å². The van der Waals surface area contributed by atoms with Crippen molar-refractivity contribution in [3.8, 4) is 0 Å². The standard InChI is InChI=1S/C11H19NO2/c12-7-11(10(13)14,9-3-4-9)6-5-8-1-2-8/h8-9H,1-7,12H2,(H,13,14). The van der Waals surface area contributed by atoms with Crippen molar-refractivity contribution in [3.05, 3.63) is 0 Å². The van der Waals surface area contributed by atoms with Crippen molar-refractivity contribution >= 4 is 5.97 Å². The van der Waals surface area contributed by atoms with Crippen LogP contribution in [0.15, 0.2) is 0 Å². The second-order valence-electron chi connectivity index (χ2n) is 4.92. The highest BCUT2D eigenvalue weighted by atomic mass is 16.4. The molecule has 0 aromatic carbocycles. The SMILES string of the molecule is NCC(CCC1CC1)(C(=O)O)C1CC1. The van der Waals surface area contributed by atoms with E-state index in [-0.39, 0.29) is 0 Å². The largest absolute Gasteiger partial charge is 0.481 e. The zero-order valence-electron chi connectivity index (χ0n) is 8.54. The molecular weight excluding hydrogens is 178 g/mol. The maximum absolute atomic E-state index is 11.3. The van der Waals surface area contributed by atoms with Crippen LogP contribution in [0.25, 0.3) is 0 Å². The second-order valence-corrected chi connectivity index (χ2v) is 4.92. The fourth-order valence-corrected chi connectivity index (χ4v) is 2.35. The predicted octanol–water partition coefficient (Wildman–Crippen LogP) is 1.62. The van der Waals surface area contributed by atoms with Crippen LogP contribution in [0, 0.1) is 17.3 Å². The van der Waals surface area contributed by atoms with Crippen LogP contribution in [-0.2, 0) is 4.79 Å². The molecule has 0 saturated heterocycles. The maximum atomic E-state index is 11.3. The van der Waals surface area contributed by atoms with Gasteiger partial charge in [0.2, 0.25) is 0 Å². The number of hydrogen-bond donors (Lipinski definition) is 2. The fraction of sp³-hybridized carbons (Fsp3) is 0.909. The third kappa shape index (κ3) is 1.78. The molecule has 0 bridgehead atoms. The van der Waals surface area contributed by atoms with Crippen molar-refractivity contribution in [2.75, 3.05) is 6.54 Å². The van der Waals surface area contributed by atoms with Crippen molar-refractivity contribution in [1.29, 1.82) is 0 Å². The Bertz CT molecular complexity index is 233. The number of carboxylic acids is 1. The van der Waals surface area contributed by atoms with Crippen molar-refractivity contribution in [2.24, 2.45) is 23.0 Å². The van der Waals surface area contributed by atoms with Gasteiger partial charge in [-0.1, -0.05) is 12.8 Å². The van der Waals surface area contributed by atoms with Crippen LogP contribution in [0.4, 0.5) is 0 Å². The number of aliphatic carboxylic acids is 1. The molecular formula is C11H19NO2. The summed E-state index contributed by atoms with van der Waals surface area (Å²) in [5.74, 6) is 0.505. The van der Waals surface area contributed by atoms with Gasteiger partial charge in [0.1, 0.15) is 0 Å². The molecule has 1 atom stereocenters. The van der Waals surface area contributed by atoms with Crippen LogP contribution in [0.3, 0.4) is 0 Å². The van der Waals surface area contributed by atoms with Gasteiger partial charge in [0.05, 0.1) is 5.41 Å². The molecule has 0 aromatic heterocycles. The first-order valence-electron chi connectivity index (χ1n) is 5.62. The molecule has 14 heavy (non-hydrogen) atoms. The summed E-state index contributed by atoms with van der Waals surface area (Å²) in [5, 5.41) is 9.29. The number of hydrogen-bond acceptors (Lipinski definition) is 2. The number of carboxylic acid groups (broad SMARTS) is 1. The van der Waals surface area contributed by atoms with Gasteiger partial charge in [-0.15, -0.1) is 0 Å². The van der Waals surface area contributed by atoms with E-state index in [0.29, 0.717) is 12.5 Å². The molecule has 2 saturated carbocycles. The Kier molecular flexibility index (Phi) is 2.52. The van der Waals surface area contributed by atoms with Crippen LogP contribution in [-0.4, -0.2) is 17.6 Å². The predicted molar refractivity (Wildman–Crippen MR) is 53.8 cm³/mol. The minimum absolute atomic E-state index is 0.319. The normalized spacial score (nSPS) is 25.8. The third-order valence-corrected chi connectivity index (χ3v) is 3.84. The van der Waals surface area contributed by atoms with E-state index in [0.717, 1.165) is 31.6 Å². The Morgan fingerprint density at radius 3 is 2.36 bits per heavy atom. The first-order chi connectivity index (χ1) is 6.69.